The summed E-state index contributed by atoms with van der Waals surface area (Å²) in [6, 6.07) is 12.8. The van der Waals surface area contributed by atoms with E-state index >= 15 is 0 Å². The first-order chi connectivity index (χ1) is 15.7. The summed E-state index contributed by atoms with van der Waals surface area (Å²) in [7, 11) is 0. The van der Waals surface area contributed by atoms with Crippen molar-refractivity contribution in [1.29, 1.82) is 0 Å². The number of ether oxygens (including phenoxy) is 1. The van der Waals surface area contributed by atoms with E-state index < -0.39 is 0 Å². The molecule has 1 aromatic carbocycles. The lowest BCUT2D eigenvalue weighted by Gasteiger charge is -2.27. The molecule has 0 spiro atoms. The molecule has 3 aromatic heterocycles. The Morgan fingerprint density at radius 1 is 1.09 bits per heavy atom. The van der Waals surface area contributed by atoms with Crippen molar-refractivity contribution in [2.75, 3.05) is 36.5 Å². The van der Waals surface area contributed by atoms with E-state index in [1.807, 2.05) is 24.3 Å². The van der Waals surface area contributed by atoms with Gasteiger partial charge in [0.1, 0.15) is 23.5 Å². The van der Waals surface area contributed by atoms with Crippen LogP contribution in [-0.2, 0) is 11.3 Å². The first kappa shape index (κ1) is 20.1. The van der Waals surface area contributed by atoms with Crippen molar-refractivity contribution in [3.05, 3.63) is 66.2 Å². The Hall–Kier alpha value is -3.82. The number of nitrogens with zero attached hydrogens (tertiary/aromatic N) is 4. The smallest absolute Gasteiger partial charge is 0.274 e. The van der Waals surface area contributed by atoms with Crippen LogP contribution in [-0.4, -0.2) is 57.3 Å². The second-order valence-corrected chi connectivity index (χ2v) is 7.48. The predicted molar refractivity (Wildman–Crippen MR) is 120 cm³/mol. The molecule has 0 atom stereocenters. The lowest BCUT2D eigenvalue weighted by atomic mass is 10.1. The number of fused-ring (bicyclic) bond motifs is 1. The van der Waals surface area contributed by atoms with Gasteiger partial charge in [-0.3, -0.25) is 9.78 Å². The zero-order valence-electron chi connectivity index (χ0n) is 17.3. The molecule has 1 fully saturated rings. The number of anilines is 2. The topological polar surface area (TPSA) is 116 Å². The number of carbonyl (C=O) groups excluding carboxylic acids is 1. The first-order valence-corrected chi connectivity index (χ1v) is 10.4. The summed E-state index contributed by atoms with van der Waals surface area (Å²) in [6.45, 7) is 2.85. The van der Waals surface area contributed by atoms with Crippen LogP contribution in [0.1, 0.15) is 16.1 Å². The van der Waals surface area contributed by atoms with Gasteiger partial charge in [-0.25, -0.2) is 9.97 Å². The van der Waals surface area contributed by atoms with E-state index in [0.29, 0.717) is 24.5 Å². The number of aliphatic hydroxyl groups excluding tert-OH is 1. The average molecular weight is 430 g/mol. The fourth-order valence-corrected chi connectivity index (χ4v) is 3.73. The van der Waals surface area contributed by atoms with E-state index in [0.717, 1.165) is 41.2 Å². The van der Waals surface area contributed by atoms with Crippen LogP contribution in [0, 0.1) is 0 Å². The molecule has 1 amide bonds. The summed E-state index contributed by atoms with van der Waals surface area (Å²) in [5.41, 5.74) is 4.22. The molecule has 0 unspecified atom stereocenters. The van der Waals surface area contributed by atoms with Crippen LogP contribution in [0.15, 0.2) is 55.0 Å². The maximum Gasteiger partial charge on any atom is 0.274 e. The van der Waals surface area contributed by atoms with Crippen LogP contribution in [0.25, 0.3) is 22.3 Å². The minimum absolute atomic E-state index is 0.139. The highest BCUT2D eigenvalue weighted by molar-refractivity contribution is 6.03. The van der Waals surface area contributed by atoms with Gasteiger partial charge in [0.15, 0.2) is 0 Å². The van der Waals surface area contributed by atoms with E-state index in [1.54, 1.807) is 18.5 Å². The summed E-state index contributed by atoms with van der Waals surface area (Å²) >= 11 is 0. The van der Waals surface area contributed by atoms with Gasteiger partial charge in [-0.2, -0.15) is 0 Å². The number of morpholine rings is 1. The minimum atomic E-state index is -0.330. The molecule has 3 N–H and O–H groups in total. The molecule has 32 heavy (non-hydrogen) atoms. The van der Waals surface area contributed by atoms with Crippen molar-refractivity contribution >= 4 is 28.4 Å². The van der Waals surface area contributed by atoms with Crippen LogP contribution < -0.4 is 10.2 Å². The Bertz CT molecular complexity index is 1250. The number of hydrogen-bond donors (Lipinski definition) is 3. The van der Waals surface area contributed by atoms with E-state index in [2.05, 4.69) is 36.2 Å². The highest BCUT2D eigenvalue weighted by Gasteiger charge is 2.17. The summed E-state index contributed by atoms with van der Waals surface area (Å²) < 4.78 is 5.45. The second kappa shape index (κ2) is 8.74. The number of amides is 1. The quantitative estimate of drug-likeness (QED) is 0.446. The molecule has 1 aliphatic rings. The molecule has 1 saturated heterocycles. The molecule has 0 saturated carbocycles. The van der Waals surface area contributed by atoms with Gasteiger partial charge >= 0.3 is 0 Å². The van der Waals surface area contributed by atoms with Gasteiger partial charge in [0.25, 0.3) is 5.91 Å². The highest BCUT2D eigenvalue weighted by atomic mass is 16.5. The monoisotopic (exact) mass is 430 g/mol. The normalized spacial score (nSPS) is 14.0. The number of aromatic amines is 1. The number of nitrogens with one attached hydrogen (secondary N) is 2. The number of rotatable bonds is 5. The van der Waals surface area contributed by atoms with Gasteiger partial charge in [0.2, 0.25) is 0 Å². The largest absolute Gasteiger partial charge is 0.392 e. The molecule has 9 nitrogen and oxygen atoms in total. The van der Waals surface area contributed by atoms with Crippen molar-refractivity contribution in [3.8, 4) is 11.3 Å². The average Bonchev–Trinajstić information content (AvgIpc) is 3.29. The molecule has 162 valence electrons. The molecular weight excluding hydrogens is 408 g/mol. The van der Waals surface area contributed by atoms with Gasteiger partial charge in [-0.15, -0.1) is 0 Å². The third-order valence-electron chi connectivity index (χ3n) is 5.41. The van der Waals surface area contributed by atoms with Crippen LogP contribution in [0.4, 0.5) is 11.5 Å². The minimum Gasteiger partial charge on any atom is -0.392 e. The number of aliphatic hydroxyl groups is 1. The fraction of sp³-hybridized carbons (Fsp3) is 0.217. The Balaban J connectivity index is 1.36. The van der Waals surface area contributed by atoms with E-state index in [1.165, 1.54) is 6.20 Å². The van der Waals surface area contributed by atoms with Crippen LogP contribution in [0.2, 0.25) is 0 Å². The Morgan fingerprint density at radius 2 is 1.91 bits per heavy atom. The third kappa shape index (κ3) is 4.03. The first-order valence-electron chi connectivity index (χ1n) is 10.4. The van der Waals surface area contributed by atoms with Crippen molar-refractivity contribution in [3.63, 3.8) is 0 Å². The van der Waals surface area contributed by atoms with Crippen molar-refractivity contribution in [1.82, 2.24) is 19.9 Å². The predicted octanol–water partition coefficient (Wildman–Crippen LogP) is 2.60. The molecule has 4 heterocycles. The Labute approximate surface area is 184 Å². The van der Waals surface area contributed by atoms with Gasteiger partial charge in [-0.05, 0) is 41.5 Å². The molecule has 0 bridgehead atoms. The maximum atomic E-state index is 12.5. The summed E-state index contributed by atoms with van der Waals surface area (Å²) in [5.74, 6) is 0.575. The Morgan fingerprint density at radius 3 is 2.69 bits per heavy atom. The fourth-order valence-electron chi connectivity index (χ4n) is 3.73. The molecule has 1 aliphatic heterocycles. The van der Waals surface area contributed by atoms with E-state index in [-0.39, 0.29) is 18.2 Å². The van der Waals surface area contributed by atoms with Crippen molar-refractivity contribution < 1.29 is 14.6 Å². The second-order valence-electron chi connectivity index (χ2n) is 7.48. The zero-order valence-corrected chi connectivity index (χ0v) is 17.3. The highest BCUT2D eigenvalue weighted by Crippen LogP contribution is 2.29. The summed E-state index contributed by atoms with van der Waals surface area (Å²) in [5, 5.41) is 13.0. The van der Waals surface area contributed by atoms with Gasteiger partial charge in [0.05, 0.1) is 25.2 Å². The van der Waals surface area contributed by atoms with E-state index in [9.17, 15) is 9.90 Å². The number of benzene rings is 1. The maximum absolute atomic E-state index is 12.5. The number of pyridine rings is 1. The lowest BCUT2D eigenvalue weighted by molar-refractivity contribution is 0.102. The van der Waals surface area contributed by atoms with Gasteiger partial charge in [0, 0.05) is 30.7 Å². The van der Waals surface area contributed by atoms with Crippen LogP contribution in [0.3, 0.4) is 0 Å². The zero-order chi connectivity index (χ0) is 21.9. The third-order valence-corrected chi connectivity index (χ3v) is 5.41. The molecule has 9 heteroatoms. The van der Waals surface area contributed by atoms with Crippen LogP contribution in [0.5, 0.6) is 0 Å². The molecule has 0 radical (unpaired) electrons. The number of aromatic nitrogens is 4. The number of hydrogen-bond acceptors (Lipinski definition) is 7. The molecule has 5 rings (SSSR count). The van der Waals surface area contributed by atoms with Crippen LogP contribution >= 0.6 is 0 Å². The molecule has 4 aromatic rings. The summed E-state index contributed by atoms with van der Waals surface area (Å²) in [6.07, 6.45) is 3.08. The summed E-state index contributed by atoms with van der Waals surface area (Å²) in [4.78, 5) is 31.0. The molecule has 0 aliphatic carbocycles. The van der Waals surface area contributed by atoms with E-state index in [4.69, 9.17) is 4.74 Å². The van der Waals surface area contributed by atoms with Crippen molar-refractivity contribution in [2.45, 2.75) is 6.61 Å². The molecular formula is C23H22N6O3. The van der Waals surface area contributed by atoms with Gasteiger partial charge < -0.3 is 25.0 Å². The van der Waals surface area contributed by atoms with Crippen molar-refractivity contribution in [2.24, 2.45) is 0 Å². The Kier molecular flexibility index (Phi) is 5.49. The number of carbonyl (C=O) groups is 1. The SMILES string of the molecule is O=C(Nc1ccc(-c2cc3c(N4CCOCC4)ncnc3[nH]2)cc1)c1cc(CO)ccn1. The standard InChI is InChI=1S/C23H22N6O3/c30-13-15-5-6-24-20(11-15)23(31)27-17-3-1-16(2-4-17)19-12-18-21(28-19)25-14-26-22(18)29-7-9-32-10-8-29/h1-6,11-12,14,30H,7-10,13H2,(H,27,31)(H,25,26,28). The number of H-pyrrole nitrogens is 1. The lowest BCUT2D eigenvalue weighted by Crippen LogP contribution is -2.36. The van der Waals surface area contributed by atoms with Gasteiger partial charge in [-0.1, -0.05) is 12.1 Å².